The first kappa shape index (κ1) is 11.4. The van der Waals surface area contributed by atoms with Crippen LogP contribution >= 0.6 is 0 Å². The van der Waals surface area contributed by atoms with E-state index < -0.39 is 0 Å². The molecule has 0 aromatic carbocycles. The van der Waals surface area contributed by atoms with E-state index in [0.29, 0.717) is 0 Å². The molecule has 2 heterocycles. The Kier molecular flexibility index (Phi) is 4.03. The van der Waals surface area contributed by atoms with Crippen LogP contribution in [-0.2, 0) is 0 Å². The fourth-order valence-corrected chi connectivity index (χ4v) is 1.49. The number of nitrogens with one attached hydrogen (secondary N) is 1. The van der Waals surface area contributed by atoms with Gasteiger partial charge in [-0.15, -0.1) is 0 Å². The van der Waals surface area contributed by atoms with Crippen LogP contribution in [0, 0.1) is 13.8 Å². The molecule has 3 nitrogen and oxygen atoms in total. The zero-order valence-corrected chi connectivity index (χ0v) is 9.70. The number of hydrogen-bond acceptors (Lipinski definition) is 2. The van der Waals surface area contributed by atoms with E-state index in [1.807, 2.05) is 39.8 Å². The van der Waals surface area contributed by atoms with Gasteiger partial charge >= 0.3 is 0 Å². The number of pyridine rings is 1. The highest BCUT2D eigenvalue weighted by Gasteiger charge is 2.07. The molecule has 15 heavy (non-hydrogen) atoms. The second-order valence-corrected chi connectivity index (χ2v) is 3.04. The molecular formula is C12H17N3. The molecule has 3 heteroatoms. The molecule has 0 aliphatic rings. The molecule has 0 unspecified atom stereocenters. The summed E-state index contributed by atoms with van der Waals surface area (Å²) in [5.74, 6) is 0. The van der Waals surface area contributed by atoms with Crippen molar-refractivity contribution < 1.29 is 0 Å². The van der Waals surface area contributed by atoms with Crippen molar-refractivity contribution in [2.75, 3.05) is 0 Å². The lowest BCUT2D eigenvalue weighted by Gasteiger charge is -1.99. The molecule has 0 atom stereocenters. The van der Waals surface area contributed by atoms with Crippen LogP contribution in [0.3, 0.4) is 0 Å². The van der Waals surface area contributed by atoms with Crippen LogP contribution in [0.1, 0.15) is 25.2 Å². The quantitative estimate of drug-likeness (QED) is 0.773. The Bertz CT molecular complexity index is 385. The average Bonchev–Trinajstić information content (AvgIpc) is 2.63. The Hall–Kier alpha value is -1.64. The lowest BCUT2D eigenvalue weighted by Crippen LogP contribution is -1.81. The van der Waals surface area contributed by atoms with Gasteiger partial charge in [-0.05, 0) is 31.5 Å². The van der Waals surface area contributed by atoms with E-state index in [0.717, 1.165) is 11.4 Å². The van der Waals surface area contributed by atoms with E-state index in [9.17, 15) is 0 Å². The highest BCUT2D eigenvalue weighted by atomic mass is 15.1. The molecule has 0 aliphatic carbocycles. The predicted octanol–water partition coefficient (Wildman–Crippen LogP) is 3.11. The number of aryl methyl sites for hydroxylation is 2. The van der Waals surface area contributed by atoms with Crippen LogP contribution < -0.4 is 0 Å². The zero-order valence-electron chi connectivity index (χ0n) is 9.70. The van der Waals surface area contributed by atoms with Gasteiger partial charge < -0.3 is 0 Å². The van der Waals surface area contributed by atoms with E-state index in [2.05, 4.69) is 15.2 Å². The fraction of sp³-hybridized carbons (Fsp3) is 0.333. The molecule has 0 bridgehead atoms. The summed E-state index contributed by atoms with van der Waals surface area (Å²) in [6, 6.07) is 3.98. The van der Waals surface area contributed by atoms with E-state index in [4.69, 9.17) is 0 Å². The lowest BCUT2D eigenvalue weighted by atomic mass is 10.1. The van der Waals surface area contributed by atoms with Gasteiger partial charge in [0.25, 0.3) is 0 Å². The van der Waals surface area contributed by atoms with E-state index >= 15 is 0 Å². The van der Waals surface area contributed by atoms with Crippen molar-refractivity contribution >= 4 is 0 Å². The van der Waals surface area contributed by atoms with Crippen molar-refractivity contribution in [1.82, 2.24) is 15.2 Å². The SMILES string of the molecule is CC.Cc1n[nH]c(C)c1-c1ccncc1. The van der Waals surface area contributed by atoms with Gasteiger partial charge in [-0.1, -0.05) is 13.8 Å². The second kappa shape index (κ2) is 5.29. The van der Waals surface area contributed by atoms with Crippen molar-refractivity contribution in [2.24, 2.45) is 0 Å². The molecule has 0 radical (unpaired) electrons. The summed E-state index contributed by atoms with van der Waals surface area (Å²) in [4.78, 5) is 3.98. The number of aromatic amines is 1. The van der Waals surface area contributed by atoms with E-state index in [1.54, 1.807) is 12.4 Å². The molecule has 0 saturated heterocycles. The van der Waals surface area contributed by atoms with Crippen molar-refractivity contribution in [2.45, 2.75) is 27.7 Å². The maximum Gasteiger partial charge on any atom is 0.0672 e. The minimum atomic E-state index is 1.03. The molecule has 0 spiro atoms. The third kappa shape index (κ3) is 2.43. The third-order valence-corrected chi connectivity index (χ3v) is 2.10. The summed E-state index contributed by atoms with van der Waals surface area (Å²) in [5.41, 5.74) is 4.48. The van der Waals surface area contributed by atoms with Crippen molar-refractivity contribution in [1.29, 1.82) is 0 Å². The van der Waals surface area contributed by atoms with Crippen LogP contribution in [-0.4, -0.2) is 15.2 Å². The largest absolute Gasteiger partial charge is 0.282 e. The first-order valence-corrected chi connectivity index (χ1v) is 5.21. The summed E-state index contributed by atoms with van der Waals surface area (Å²) >= 11 is 0. The maximum atomic E-state index is 4.15. The minimum absolute atomic E-state index is 1.03. The number of H-pyrrole nitrogens is 1. The smallest absolute Gasteiger partial charge is 0.0672 e. The lowest BCUT2D eigenvalue weighted by molar-refractivity contribution is 1.02. The molecule has 0 saturated carbocycles. The van der Waals surface area contributed by atoms with Crippen LogP contribution in [0.2, 0.25) is 0 Å². The maximum absolute atomic E-state index is 4.15. The van der Waals surface area contributed by atoms with E-state index in [-0.39, 0.29) is 0 Å². The number of rotatable bonds is 1. The van der Waals surface area contributed by atoms with Crippen molar-refractivity contribution in [3.63, 3.8) is 0 Å². The van der Waals surface area contributed by atoms with Gasteiger partial charge in [0.1, 0.15) is 0 Å². The molecule has 0 aliphatic heterocycles. The van der Waals surface area contributed by atoms with Crippen LogP contribution in [0.25, 0.3) is 11.1 Å². The Morgan fingerprint density at radius 3 is 2.13 bits per heavy atom. The van der Waals surface area contributed by atoms with Gasteiger partial charge in [-0.2, -0.15) is 5.10 Å². The monoisotopic (exact) mass is 203 g/mol. The topological polar surface area (TPSA) is 41.6 Å². The molecule has 2 aromatic rings. The summed E-state index contributed by atoms with van der Waals surface area (Å²) in [7, 11) is 0. The molecule has 1 N–H and O–H groups in total. The van der Waals surface area contributed by atoms with Gasteiger partial charge in [-0.25, -0.2) is 0 Å². The summed E-state index contributed by atoms with van der Waals surface area (Å²) in [6.07, 6.45) is 3.59. The number of nitrogens with zero attached hydrogens (tertiary/aromatic N) is 2. The summed E-state index contributed by atoms with van der Waals surface area (Å²) in [6.45, 7) is 8.02. The molecule has 0 amide bonds. The Labute approximate surface area is 90.6 Å². The Balaban J connectivity index is 0.000000531. The van der Waals surface area contributed by atoms with Gasteiger partial charge in [0.2, 0.25) is 0 Å². The van der Waals surface area contributed by atoms with Gasteiger partial charge in [0.05, 0.1) is 5.69 Å². The highest BCUT2D eigenvalue weighted by molar-refractivity contribution is 5.67. The molecule has 2 rings (SSSR count). The van der Waals surface area contributed by atoms with Gasteiger partial charge in [0, 0.05) is 23.7 Å². The highest BCUT2D eigenvalue weighted by Crippen LogP contribution is 2.23. The first-order chi connectivity index (χ1) is 7.29. The Morgan fingerprint density at radius 2 is 1.67 bits per heavy atom. The molecule has 0 fully saturated rings. The minimum Gasteiger partial charge on any atom is -0.282 e. The molecule has 80 valence electrons. The van der Waals surface area contributed by atoms with Gasteiger partial charge in [-0.3, -0.25) is 10.1 Å². The second-order valence-electron chi connectivity index (χ2n) is 3.04. The van der Waals surface area contributed by atoms with Crippen LogP contribution in [0.4, 0.5) is 0 Å². The van der Waals surface area contributed by atoms with Crippen molar-refractivity contribution in [3.8, 4) is 11.1 Å². The van der Waals surface area contributed by atoms with E-state index in [1.165, 1.54) is 11.1 Å². The zero-order chi connectivity index (χ0) is 11.3. The number of aromatic nitrogens is 3. The summed E-state index contributed by atoms with van der Waals surface area (Å²) < 4.78 is 0. The van der Waals surface area contributed by atoms with Crippen LogP contribution in [0.15, 0.2) is 24.5 Å². The van der Waals surface area contributed by atoms with Crippen LogP contribution in [0.5, 0.6) is 0 Å². The standard InChI is InChI=1S/C10H11N3.C2H6/c1-7-10(8(2)13-12-7)9-3-5-11-6-4-9;1-2/h3-6H,1-2H3,(H,12,13);1-2H3. The Morgan fingerprint density at radius 1 is 1.07 bits per heavy atom. The fourth-order valence-electron chi connectivity index (χ4n) is 1.49. The number of hydrogen-bond donors (Lipinski definition) is 1. The van der Waals surface area contributed by atoms with Crippen molar-refractivity contribution in [3.05, 3.63) is 35.9 Å². The first-order valence-electron chi connectivity index (χ1n) is 5.21. The summed E-state index contributed by atoms with van der Waals surface area (Å²) in [5, 5.41) is 7.11. The average molecular weight is 203 g/mol. The van der Waals surface area contributed by atoms with Gasteiger partial charge in [0.15, 0.2) is 0 Å². The molecule has 2 aromatic heterocycles. The predicted molar refractivity (Wildman–Crippen MR) is 62.6 cm³/mol. The third-order valence-electron chi connectivity index (χ3n) is 2.10. The molecular weight excluding hydrogens is 186 g/mol. The normalized spacial score (nSPS) is 9.33.